The van der Waals surface area contributed by atoms with Crippen molar-refractivity contribution in [1.29, 1.82) is 0 Å². The molecule has 140 valence electrons. The van der Waals surface area contributed by atoms with Gasteiger partial charge in [0, 0.05) is 25.7 Å². The van der Waals surface area contributed by atoms with Crippen molar-refractivity contribution in [2.45, 2.75) is 55.2 Å². The molecular formula is C17H28N4O2S2. The summed E-state index contributed by atoms with van der Waals surface area (Å²) in [4.78, 5) is 4.47. The van der Waals surface area contributed by atoms with E-state index in [1.165, 1.54) is 37.0 Å². The summed E-state index contributed by atoms with van der Waals surface area (Å²) in [6.45, 7) is 1.68. The molecule has 0 radical (unpaired) electrons. The van der Waals surface area contributed by atoms with E-state index in [0.717, 1.165) is 19.3 Å². The van der Waals surface area contributed by atoms with Crippen LogP contribution in [0, 0.1) is 5.92 Å². The van der Waals surface area contributed by atoms with Crippen LogP contribution in [0.15, 0.2) is 26.7 Å². The molecule has 0 amide bonds. The standard InChI is InChI=1S/C17H28N4O2S2/c18-17(20-15-6-3-1-2-4-7-15)19-12-14-9-10-21(13-14)25(22,23)16-8-5-11-24-16/h5,8,11,14-15H,1-4,6-7,9-10,12-13H2,(H3,18,19,20). The third-order valence-electron chi connectivity index (χ3n) is 5.06. The number of sulfonamides is 1. The zero-order chi connectivity index (χ0) is 17.7. The lowest BCUT2D eigenvalue weighted by molar-refractivity contribution is 0.460. The van der Waals surface area contributed by atoms with Crippen LogP contribution >= 0.6 is 11.3 Å². The monoisotopic (exact) mass is 384 g/mol. The lowest BCUT2D eigenvalue weighted by atomic mass is 10.1. The van der Waals surface area contributed by atoms with Gasteiger partial charge in [0.05, 0.1) is 0 Å². The van der Waals surface area contributed by atoms with E-state index in [9.17, 15) is 8.42 Å². The number of nitrogens with zero attached hydrogens (tertiary/aromatic N) is 2. The van der Waals surface area contributed by atoms with Gasteiger partial charge < -0.3 is 11.1 Å². The van der Waals surface area contributed by atoms with Gasteiger partial charge in [0.1, 0.15) is 4.21 Å². The molecular weight excluding hydrogens is 356 g/mol. The first kappa shape index (κ1) is 18.7. The topological polar surface area (TPSA) is 87.8 Å². The summed E-state index contributed by atoms with van der Waals surface area (Å²) in [7, 11) is -3.34. The first-order chi connectivity index (χ1) is 12.1. The molecule has 8 heteroatoms. The highest BCUT2D eigenvalue weighted by Crippen LogP contribution is 2.27. The third kappa shape index (κ3) is 4.95. The second-order valence-electron chi connectivity index (χ2n) is 7.01. The van der Waals surface area contributed by atoms with Gasteiger partial charge in [-0.25, -0.2) is 8.42 Å². The van der Waals surface area contributed by atoms with Gasteiger partial charge in [0.25, 0.3) is 10.0 Å². The number of hydrogen-bond donors (Lipinski definition) is 2. The van der Waals surface area contributed by atoms with Crippen LogP contribution in [0.2, 0.25) is 0 Å². The predicted octanol–water partition coefficient (Wildman–Crippen LogP) is 2.39. The summed E-state index contributed by atoms with van der Waals surface area (Å²) in [5.74, 6) is 0.746. The van der Waals surface area contributed by atoms with Gasteiger partial charge >= 0.3 is 0 Å². The van der Waals surface area contributed by atoms with Crippen molar-refractivity contribution in [2.24, 2.45) is 16.6 Å². The smallest absolute Gasteiger partial charge is 0.252 e. The minimum Gasteiger partial charge on any atom is -0.370 e. The molecule has 1 aromatic heterocycles. The van der Waals surface area contributed by atoms with E-state index >= 15 is 0 Å². The molecule has 1 saturated carbocycles. The molecule has 1 aromatic rings. The second kappa shape index (κ2) is 8.51. The number of nitrogens with two attached hydrogens (primary N) is 1. The average molecular weight is 385 g/mol. The van der Waals surface area contributed by atoms with E-state index in [4.69, 9.17) is 5.73 Å². The van der Waals surface area contributed by atoms with Crippen LogP contribution in [0.5, 0.6) is 0 Å². The summed E-state index contributed by atoms with van der Waals surface area (Å²) >= 11 is 1.27. The molecule has 3 N–H and O–H groups in total. The number of rotatable bonds is 5. The van der Waals surface area contributed by atoms with Crippen LogP contribution in [0.4, 0.5) is 0 Å². The maximum atomic E-state index is 12.5. The summed E-state index contributed by atoms with van der Waals surface area (Å²) in [5, 5.41) is 5.14. The Hall–Kier alpha value is -1.12. The first-order valence-corrected chi connectivity index (χ1v) is 11.5. The lowest BCUT2D eigenvalue weighted by Gasteiger charge is -2.17. The van der Waals surface area contributed by atoms with E-state index in [1.807, 2.05) is 0 Å². The third-order valence-corrected chi connectivity index (χ3v) is 8.30. The van der Waals surface area contributed by atoms with Crippen molar-refractivity contribution < 1.29 is 8.42 Å². The fourth-order valence-corrected chi connectivity index (χ4v) is 6.28. The highest BCUT2D eigenvalue weighted by molar-refractivity contribution is 7.91. The summed E-state index contributed by atoms with van der Waals surface area (Å²) < 4.78 is 27.1. The highest BCUT2D eigenvalue weighted by atomic mass is 32.2. The van der Waals surface area contributed by atoms with Crippen LogP contribution in [0.1, 0.15) is 44.9 Å². The van der Waals surface area contributed by atoms with E-state index in [2.05, 4.69) is 10.3 Å². The Balaban J connectivity index is 1.49. The molecule has 25 heavy (non-hydrogen) atoms. The zero-order valence-electron chi connectivity index (χ0n) is 14.6. The Kier molecular flexibility index (Phi) is 6.35. The molecule has 6 nitrogen and oxygen atoms in total. The van der Waals surface area contributed by atoms with Crippen LogP contribution < -0.4 is 11.1 Å². The van der Waals surface area contributed by atoms with Gasteiger partial charge in [-0.2, -0.15) is 4.31 Å². The van der Waals surface area contributed by atoms with E-state index in [-0.39, 0.29) is 5.92 Å². The molecule has 0 aromatic carbocycles. The van der Waals surface area contributed by atoms with Gasteiger partial charge in [-0.15, -0.1) is 11.3 Å². The largest absolute Gasteiger partial charge is 0.370 e. The summed E-state index contributed by atoms with van der Waals surface area (Å²) in [6, 6.07) is 3.88. The van der Waals surface area contributed by atoms with Crippen LogP contribution in [0.25, 0.3) is 0 Å². The molecule has 3 rings (SSSR count). The number of guanidine groups is 1. The van der Waals surface area contributed by atoms with Crippen molar-refractivity contribution in [2.75, 3.05) is 19.6 Å². The Morgan fingerprint density at radius 2 is 2.04 bits per heavy atom. The molecule has 0 bridgehead atoms. The zero-order valence-corrected chi connectivity index (χ0v) is 16.2. The van der Waals surface area contributed by atoms with Crippen LogP contribution in [-0.4, -0.2) is 44.4 Å². The Morgan fingerprint density at radius 1 is 1.28 bits per heavy atom. The van der Waals surface area contributed by atoms with Crippen LogP contribution in [-0.2, 0) is 10.0 Å². The minimum absolute atomic E-state index is 0.240. The Morgan fingerprint density at radius 3 is 2.72 bits per heavy atom. The quantitative estimate of drug-likeness (QED) is 0.463. The molecule has 1 saturated heterocycles. The number of hydrogen-bond acceptors (Lipinski definition) is 4. The van der Waals surface area contributed by atoms with E-state index in [1.54, 1.807) is 21.8 Å². The fourth-order valence-electron chi connectivity index (χ4n) is 3.61. The molecule has 1 atom stereocenters. The molecule has 1 unspecified atom stereocenters. The molecule has 2 aliphatic rings. The lowest BCUT2D eigenvalue weighted by Crippen LogP contribution is -2.40. The number of aliphatic imine (C=N–C) groups is 1. The highest BCUT2D eigenvalue weighted by Gasteiger charge is 2.32. The van der Waals surface area contributed by atoms with Crippen molar-refractivity contribution in [1.82, 2.24) is 9.62 Å². The normalized spacial score (nSPS) is 24.3. The minimum atomic E-state index is -3.34. The van der Waals surface area contributed by atoms with Crippen LogP contribution in [0.3, 0.4) is 0 Å². The van der Waals surface area contributed by atoms with E-state index in [0.29, 0.717) is 35.8 Å². The fraction of sp³-hybridized carbons (Fsp3) is 0.706. The summed E-state index contributed by atoms with van der Waals surface area (Å²) in [5.41, 5.74) is 6.04. The van der Waals surface area contributed by atoms with Gasteiger partial charge in [-0.3, -0.25) is 4.99 Å². The summed E-state index contributed by atoms with van der Waals surface area (Å²) in [6.07, 6.45) is 8.29. The Labute approximate surface area is 154 Å². The molecule has 2 fully saturated rings. The molecule has 2 heterocycles. The molecule has 1 aliphatic heterocycles. The first-order valence-electron chi connectivity index (χ1n) is 9.16. The second-order valence-corrected chi connectivity index (χ2v) is 10.1. The van der Waals surface area contributed by atoms with Gasteiger partial charge in [-0.05, 0) is 36.6 Å². The molecule has 0 spiro atoms. The molecule has 1 aliphatic carbocycles. The number of nitrogens with one attached hydrogen (secondary N) is 1. The van der Waals surface area contributed by atoms with Gasteiger partial charge in [-0.1, -0.05) is 31.7 Å². The van der Waals surface area contributed by atoms with Crippen molar-refractivity contribution in [3.05, 3.63) is 17.5 Å². The predicted molar refractivity (Wildman–Crippen MR) is 102 cm³/mol. The Bertz CT molecular complexity index is 665. The van der Waals surface area contributed by atoms with E-state index < -0.39 is 10.0 Å². The maximum Gasteiger partial charge on any atom is 0.252 e. The van der Waals surface area contributed by atoms with Crippen molar-refractivity contribution in [3.63, 3.8) is 0 Å². The number of thiophene rings is 1. The van der Waals surface area contributed by atoms with Gasteiger partial charge in [0.15, 0.2) is 5.96 Å². The maximum absolute atomic E-state index is 12.5. The average Bonchev–Trinajstić information content (AvgIpc) is 3.23. The SMILES string of the molecule is NC(=NCC1CCN(S(=O)(=O)c2cccs2)C1)NC1CCCCCC1. The van der Waals surface area contributed by atoms with Crippen molar-refractivity contribution in [3.8, 4) is 0 Å². The van der Waals surface area contributed by atoms with Gasteiger partial charge in [0.2, 0.25) is 0 Å². The van der Waals surface area contributed by atoms with Crippen molar-refractivity contribution >= 4 is 27.3 Å².